The molecule has 1 heterocycles. The van der Waals surface area contributed by atoms with Crippen LogP contribution in [-0.2, 0) is 0 Å². The molecule has 23 heavy (non-hydrogen) atoms. The Bertz CT molecular complexity index is 618. The standard InChI is InChI=1S/C17H24N4O.HI/c1-12-8-13(2)10-14(9-12)20-17(18)19-11-15(21(3)4)16-6-5-7-22-16;/h5-10,15H,11H2,1-4H3,(H3,18,19,20);1H. The number of hydrogen-bond donors (Lipinski definition) is 2. The SMILES string of the molecule is Cc1cc(C)cc(NC(N)=NCC(c2ccco2)N(C)C)c1.I. The maximum Gasteiger partial charge on any atom is 0.193 e. The molecule has 126 valence electrons. The third-order valence-electron chi connectivity index (χ3n) is 3.42. The van der Waals surface area contributed by atoms with Crippen molar-refractivity contribution in [3.63, 3.8) is 0 Å². The topological polar surface area (TPSA) is 66.8 Å². The van der Waals surface area contributed by atoms with Gasteiger partial charge in [-0.2, -0.15) is 0 Å². The first-order valence-electron chi connectivity index (χ1n) is 7.31. The Labute approximate surface area is 155 Å². The van der Waals surface area contributed by atoms with Gasteiger partial charge < -0.3 is 15.5 Å². The molecule has 6 heteroatoms. The van der Waals surface area contributed by atoms with Gasteiger partial charge in [-0.1, -0.05) is 6.07 Å². The maximum atomic E-state index is 6.00. The summed E-state index contributed by atoms with van der Waals surface area (Å²) in [4.78, 5) is 6.50. The van der Waals surface area contributed by atoms with Gasteiger partial charge in [0.2, 0.25) is 0 Å². The predicted octanol–water partition coefficient (Wildman–Crippen LogP) is 3.54. The molecular weight excluding hydrogens is 403 g/mol. The fourth-order valence-corrected chi connectivity index (χ4v) is 2.41. The van der Waals surface area contributed by atoms with Crippen molar-refractivity contribution in [2.24, 2.45) is 10.7 Å². The Hall–Kier alpha value is -1.54. The van der Waals surface area contributed by atoms with Crippen LogP contribution in [0, 0.1) is 13.8 Å². The third-order valence-corrected chi connectivity index (χ3v) is 3.42. The molecule has 0 aliphatic carbocycles. The van der Waals surface area contributed by atoms with Gasteiger partial charge >= 0.3 is 0 Å². The number of halogens is 1. The first kappa shape index (κ1) is 19.5. The lowest BCUT2D eigenvalue weighted by Gasteiger charge is -2.20. The van der Waals surface area contributed by atoms with Crippen LogP contribution < -0.4 is 11.1 Å². The van der Waals surface area contributed by atoms with Crippen LogP contribution in [0.4, 0.5) is 5.69 Å². The van der Waals surface area contributed by atoms with E-state index >= 15 is 0 Å². The second-order valence-electron chi connectivity index (χ2n) is 5.72. The molecule has 0 fully saturated rings. The summed E-state index contributed by atoms with van der Waals surface area (Å²) < 4.78 is 5.47. The lowest BCUT2D eigenvalue weighted by atomic mass is 10.1. The summed E-state index contributed by atoms with van der Waals surface area (Å²) in [5.41, 5.74) is 9.34. The van der Waals surface area contributed by atoms with Gasteiger partial charge in [-0.05, 0) is 63.3 Å². The van der Waals surface area contributed by atoms with Crippen molar-refractivity contribution in [3.05, 3.63) is 53.5 Å². The van der Waals surface area contributed by atoms with Crippen molar-refractivity contribution in [1.82, 2.24) is 4.90 Å². The molecule has 2 rings (SSSR count). The Morgan fingerprint density at radius 3 is 2.43 bits per heavy atom. The van der Waals surface area contributed by atoms with Gasteiger partial charge in [0.25, 0.3) is 0 Å². The van der Waals surface area contributed by atoms with E-state index in [1.54, 1.807) is 6.26 Å². The molecule has 0 saturated carbocycles. The number of furan rings is 1. The minimum atomic E-state index is 0. The van der Waals surface area contributed by atoms with E-state index in [1.807, 2.05) is 38.4 Å². The van der Waals surface area contributed by atoms with Crippen molar-refractivity contribution in [2.75, 3.05) is 26.0 Å². The molecule has 0 spiro atoms. The zero-order valence-corrected chi connectivity index (χ0v) is 16.4. The number of hydrogen-bond acceptors (Lipinski definition) is 3. The molecular formula is C17H25IN4O. The van der Waals surface area contributed by atoms with E-state index in [0.717, 1.165) is 11.4 Å². The molecule has 1 aromatic carbocycles. The fraction of sp³-hybridized carbons (Fsp3) is 0.353. The number of benzene rings is 1. The van der Waals surface area contributed by atoms with Gasteiger partial charge in [0.1, 0.15) is 5.76 Å². The van der Waals surface area contributed by atoms with E-state index in [4.69, 9.17) is 10.2 Å². The number of anilines is 1. The Morgan fingerprint density at radius 2 is 1.91 bits per heavy atom. The fourth-order valence-electron chi connectivity index (χ4n) is 2.41. The highest BCUT2D eigenvalue weighted by Crippen LogP contribution is 2.19. The van der Waals surface area contributed by atoms with Crippen molar-refractivity contribution in [2.45, 2.75) is 19.9 Å². The highest BCUT2D eigenvalue weighted by atomic mass is 127. The molecule has 0 bridgehead atoms. The summed E-state index contributed by atoms with van der Waals surface area (Å²) in [6.45, 7) is 4.65. The molecule has 0 radical (unpaired) electrons. The Kier molecular flexibility index (Phi) is 7.57. The zero-order valence-electron chi connectivity index (χ0n) is 14.0. The van der Waals surface area contributed by atoms with E-state index < -0.39 is 0 Å². The number of nitrogens with two attached hydrogens (primary N) is 1. The summed E-state index contributed by atoms with van der Waals surface area (Å²) in [6, 6.07) is 10.1. The normalized spacial score (nSPS) is 12.8. The average molecular weight is 428 g/mol. The zero-order chi connectivity index (χ0) is 16.1. The predicted molar refractivity (Wildman–Crippen MR) is 107 cm³/mol. The molecule has 0 aliphatic heterocycles. The first-order valence-corrected chi connectivity index (χ1v) is 7.31. The maximum absolute atomic E-state index is 6.00. The number of guanidine groups is 1. The van der Waals surface area contributed by atoms with E-state index in [-0.39, 0.29) is 30.0 Å². The lowest BCUT2D eigenvalue weighted by Crippen LogP contribution is -2.27. The second-order valence-corrected chi connectivity index (χ2v) is 5.72. The molecule has 0 aliphatic rings. The lowest BCUT2D eigenvalue weighted by molar-refractivity contribution is 0.265. The van der Waals surface area contributed by atoms with Gasteiger partial charge in [-0.15, -0.1) is 24.0 Å². The Balaban J connectivity index is 0.00000264. The highest BCUT2D eigenvalue weighted by Gasteiger charge is 2.16. The monoisotopic (exact) mass is 428 g/mol. The molecule has 1 unspecified atom stereocenters. The molecule has 0 amide bonds. The smallest absolute Gasteiger partial charge is 0.193 e. The summed E-state index contributed by atoms with van der Waals surface area (Å²) in [5, 5.41) is 3.14. The molecule has 1 atom stereocenters. The first-order chi connectivity index (χ1) is 10.5. The van der Waals surface area contributed by atoms with Gasteiger partial charge in [-0.3, -0.25) is 9.89 Å². The summed E-state index contributed by atoms with van der Waals surface area (Å²) in [5.74, 6) is 1.29. The largest absolute Gasteiger partial charge is 0.468 e. The van der Waals surface area contributed by atoms with Gasteiger partial charge in [-0.25, -0.2) is 0 Å². The number of nitrogens with zero attached hydrogens (tertiary/aromatic N) is 2. The van der Waals surface area contributed by atoms with E-state index in [2.05, 4.69) is 35.1 Å². The van der Waals surface area contributed by atoms with Crippen LogP contribution in [0.5, 0.6) is 0 Å². The van der Waals surface area contributed by atoms with Crippen LogP contribution in [-0.4, -0.2) is 31.5 Å². The van der Waals surface area contributed by atoms with Crippen LogP contribution in [0.2, 0.25) is 0 Å². The van der Waals surface area contributed by atoms with Crippen molar-refractivity contribution >= 4 is 35.6 Å². The summed E-state index contributed by atoms with van der Waals surface area (Å²) >= 11 is 0. The van der Waals surface area contributed by atoms with Crippen LogP contribution in [0.3, 0.4) is 0 Å². The molecule has 1 aromatic heterocycles. The van der Waals surface area contributed by atoms with Crippen molar-refractivity contribution in [3.8, 4) is 0 Å². The number of nitrogens with one attached hydrogen (secondary N) is 1. The van der Waals surface area contributed by atoms with E-state index in [0.29, 0.717) is 12.5 Å². The van der Waals surface area contributed by atoms with Crippen LogP contribution in [0.25, 0.3) is 0 Å². The van der Waals surface area contributed by atoms with E-state index in [1.165, 1.54) is 11.1 Å². The van der Waals surface area contributed by atoms with Crippen molar-refractivity contribution in [1.29, 1.82) is 0 Å². The summed E-state index contributed by atoms with van der Waals surface area (Å²) in [6.07, 6.45) is 1.67. The van der Waals surface area contributed by atoms with E-state index in [9.17, 15) is 0 Å². The van der Waals surface area contributed by atoms with Gasteiger partial charge in [0.15, 0.2) is 5.96 Å². The molecule has 0 saturated heterocycles. The Morgan fingerprint density at radius 1 is 1.26 bits per heavy atom. The number of aliphatic imine (C=N–C) groups is 1. The van der Waals surface area contributed by atoms with Gasteiger partial charge in [0.05, 0.1) is 18.8 Å². The molecule has 2 aromatic rings. The minimum absolute atomic E-state index is 0. The summed E-state index contributed by atoms with van der Waals surface area (Å²) in [7, 11) is 3.99. The molecule has 3 N–H and O–H groups in total. The third kappa shape index (κ3) is 5.87. The highest BCUT2D eigenvalue weighted by molar-refractivity contribution is 14.0. The number of likely N-dealkylation sites (N-methyl/N-ethyl adjacent to an activating group) is 1. The minimum Gasteiger partial charge on any atom is -0.468 e. The number of rotatable bonds is 5. The number of aryl methyl sites for hydroxylation is 2. The van der Waals surface area contributed by atoms with Crippen molar-refractivity contribution < 1.29 is 4.42 Å². The quantitative estimate of drug-likeness (QED) is 0.435. The second kappa shape index (κ2) is 8.93. The van der Waals surface area contributed by atoms with Crippen LogP contribution in [0.1, 0.15) is 22.9 Å². The van der Waals surface area contributed by atoms with Gasteiger partial charge in [0, 0.05) is 5.69 Å². The van der Waals surface area contributed by atoms with Crippen LogP contribution >= 0.6 is 24.0 Å². The average Bonchev–Trinajstić information content (AvgIpc) is 2.91. The van der Waals surface area contributed by atoms with Crippen LogP contribution in [0.15, 0.2) is 46.0 Å². The molecule has 5 nitrogen and oxygen atoms in total.